The molecule has 0 fully saturated rings. The number of amides is 2. The second-order valence-corrected chi connectivity index (χ2v) is 5.55. The van der Waals surface area contributed by atoms with Gasteiger partial charge in [0.25, 0.3) is 5.91 Å². The molecule has 2 N–H and O–H groups in total. The molecule has 2 heterocycles. The topological polar surface area (TPSA) is 80.9 Å². The summed E-state index contributed by atoms with van der Waals surface area (Å²) in [6, 6.07) is 5.13. The second kappa shape index (κ2) is 7.36. The maximum atomic E-state index is 13.6. The van der Waals surface area contributed by atoms with Crippen molar-refractivity contribution in [3.63, 3.8) is 0 Å². The number of carbonyl (C=O) groups is 2. The van der Waals surface area contributed by atoms with Gasteiger partial charge in [-0.25, -0.2) is 13.2 Å². The van der Waals surface area contributed by atoms with Crippen LogP contribution < -0.4 is 10.6 Å². The molecule has 0 aliphatic carbocycles. The number of hydrogen-bond acceptors (Lipinski definition) is 3. The lowest BCUT2D eigenvalue weighted by Crippen LogP contribution is -2.33. The Labute approximate surface area is 151 Å². The summed E-state index contributed by atoms with van der Waals surface area (Å²) in [4.78, 5) is 24.2. The van der Waals surface area contributed by atoms with Gasteiger partial charge in [0.1, 0.15) is 11.4 Å². The zero-order chi connectivity index (χ0) is 19.6. The van der Waals surface area contributed by atoms with Crippen molar-refractivity contribution in [3.05, 3.63) is 65.9 Å². The van der Waals surface area contributed by atoms with Crippen LogP contribution in [0.3, 0.4) is 0 Å². The fraction of sp³-hybridized carbons (Fsp3) is 0.118. The molecule has 140 valence electrons. The van der Waals surface area contributed by atoms with E-state index in [0.717, 1.165) is 6.07 Å². The predicted molar refractivity (Wildman–Crippen MR) is 89.8 cm³/mol. The molecule has 0 aliphatic rings. The van der Waals surface area contributed by atoms with Crippen molar-refractivity contribution in [1.29, 1.82) is 0 Å². The van der Waals surface area contributed by atoms with E-state index in [0.29, 0.717) is 11.9 Å². The highest BCUT2D eigenvalue weighted by Crippen LogP contribution is 2.19. The zero-order valence-electron chi connectivity index (χ0n) is 14.0. The first-order chi connectivity index (χ1) is 12.9. The Hall–Kier alpha value is -3.56. The number of aromatic nitrogens is 3. The number of anilines is 1. The monoisotopic (exact) mass is 377 g/mol. The standard InChI is InChI=1S/C17H14F3N5O2/c1-24-17(25-6-2-3-7-25)10(8-22-24)16(27)21-9-13(26)23-12-5-4-11(18)14(19)15(12)20/h2-8H,9H2,1H3,(H,21,27)(H,23,26). The summed E-state index contributed by atoms with van der Waals surface area (Å²) in [5.74, 6) is -5.47. The number of aryl methyl sites for hydroxylation is 1. The van der Waals surface area contributed by atoms with E-state index >= 15 is 0 Å². The first-order valence-corrected chi connectivity index (χ1v) is 7.75. The number of benzene rings is 1. The second-order valence-electron chi connectivity index (χ2n) is 5.55. The Bertz CT molecular complexity index is 998. The predicted octanol–water partition coefficient (Wildman–Crippen LogP) is 2.00. The van der Waals surface area contributed by atoms with Crippen molar-refractivity contribution in [2.24, 2.45) is 7.05 Å². The highest BCUT2D eigenvalue weighted by atomic mass is 19.2. The van der Waals surface area contributed by atoms with Gasteiger partial charge < -0.3 is 15.2 Å². The van der Waals surface area contributed by atoms with Gasteiger partial charge >= 0.3 is 0 Å². The van der Waals surface area contributed by atoms with E-state index in [9.17, 15) is 22.8 Å². The van der Waals surface area contributed by atoms with Gasteiger partial charge in [0.05, 0.1) is 18.4 Å². The molecule has 10 heteroatoms. The molecule has 0 unspecified atom stereocenters. The molecule has 2 amide bonds. The molecule has 0 aliphatic heterocycles. The van der Waals surface area contributed by atoms with Gasteiger partial charge in [0, 0.05) is 19.4 Å². The van der Waals surface area contributed by atoms with E-state index in [2.05, 4.69) is 15.7 Å². The van der Waals surface area contributed by atoms with Crippen molar-refractivity contribution < 1.29 is 22.8 Å². The van der Waals surface area contributed by atoms with Crippen LogP contribution in [-0.2, 0) is 11.8 Å². The molecule has 27 heavy (non-hydrogen) atoms. The van der Waals surface area contributed by atoms with Crippen molar-refractivity contribution in [1.82, 2.24) is 19.7 Å². The third kappa shape index (κ3) is 3.68. The first-order valence-electron chi connectivity index (χ1n) is 7.75. The number of halogens is 3. The van der Waals surface area contributed by atoms with Crippen LogP contribution in [0.2, 0.25) is 0 Å². The quantitative estimate of drug-likeness (QED) is 0.668. The normalized spacial score (nSPS) is 10.7. The smallest absolute Gasteiger partial charge is 0.257 e. The van der Waals surface area contributed by atoms with Gasteiger partial charge in [0.2, 0.25) is 5.91 Å². The Morgan fingerprint density at radius 3 is 2.52 bits per heavy atom. The van der Waals surface area contributed by atoms with Crippen LogP contribution in [0.5, 0.6) is 0 Å². The van der Waals surface area contributed by atoms with Gasteiger partial charge in [-0.1, -0.05) is 0 Å². The number of nitrogens with one attached hydrogen (secondary N) is 2. The van der Waals surface area contributed by atoms with Gasteiger partial charge in [-0.05, 0) is 24.3 Å². The van der Waals surface area contributed by atoms with E-state index in [1.165, 1.54) is 10.9 Å². The Balaban J connectivity index is 1.67. The average molecular weight is 377 g/mol. The SMILES string of the molecule is Cn1ncc(C(=O)NCC(=O)Nc2ccc(F)c(F)c2F)c1-n1cccc1. The van der Waals surface area contributed by atoms with Crippen LogP contribution in [0.1, 0.15) is 10.4 Å². The Morgan fingerprint density at radius 2 is 1.81 bits per heavy atom. The lowest BCUT2D eigenvalue weighted by atomic mass is 10.2. The van der Waals surface area contributed by atoms with Gasteiger partial charge in [0.15, 0.2) is 17.5 Å². The average Bonchev–Trinajstić information content (AvgIpc) is 3.29. The maximum Gasteiger partial charge on any atom is 0.257 e. The van der Waals surface area contributed by atoms with Crippen molar-refractivity contribution in [2.45, 2.75) is 0 Å². The molecule has 2 aromatic heterocycles. The van der Waals surface area contributed by atoms with E-state index < -0.39 is 41.5 Å². The third-order valence-corrected chi connectivity index (χ3v) is 3.72. The largest absolute Gasteiger partial charge is 0.343 e. The summed E-state index contributed by atoms with van der Waals surface area (Å²) < 4.78 is 42.8. The minimum absolute atomic E-state index is 0.223. The van der Waals surface area contributed by atoms with Gasteiger partial charge in [-0.15, -0.1) is 0 Å². The molecular formula is C17H14F3N5O2. The van der Waals surface area contributed by atoms with Crippen LogP contribution in [0.25, 0.3) is 5.82 Å². The molecule has 0 saturated carbocycles. The fourth-order valence-corrected chi connectivity index (χ4v) is 2.45. The van der Waals surface area contributed by atoms with Crippen molar-refractivity contribution in [2.75, 3.05) is 11.9 Å². The van der Waals surface area contributed by atoms with Crippen LogP contribution in [-0.4, -0.2) is 32.7 Å². The van der Waals surface area contributed by atoms with E-state index in [-0.39, 0.29) is 5.56 Å². The van der Waals surface area contributed by atoms with Crippen LogP contribution in [0.4, 0.5) is 18.9 Å². The van der Waals surface area contributed by atoms with Gasteiger partial charge in [-0.3, -0.25) is 14.3 Å². The minimum atomic E-state index is -1.69. The summed E-state index contributed by atoms with van der Waals surface area (Å²) in [6.45, 7) is -0.503. The summed E-state index contributed by atoms with van der Waals surface area (Å²) >= 11 is 0. The molecule has 7 nitrogen and oxygen atoms in total. The highest BCUT2D eigenvalue weighted by Gasteiger charge is 2.19. The summed E-state index contributed by atoms with van der Waals surface area (Å²) in [5.41, 5.74) is -0.303. The third-order valence-electron chi connectivity index (χ3n) is 3.72. The number of nitrogens with zero attached hydrogens (tertiary/aromatic N) is 3. The lowest BCUT2D eigenvalue weighted by molar-refractivity contribution is -0.115. The summed E-state index contributed by atoms with van der Waals surface area (Å²) in [7, 11) is 1.66. The van der Waals surface area contributed by atoms with Crippen LogP contribution in [0, 0.1) is 17.5 Å². The first kappa shape index (κ1) is 18.2. The lowest BCUT2D eigenvalue weighted by Gasteiger charge is -2.10. The fourth-order valence-electron chi connectivity index (χ4n) is 2.45. The molecule has 0 saturated heterocycles. The highest BCUT2D eigenvalue weighted by molar-refractivity contribution is 6.01. The summed E-state index contributed by atoms with van der Waals surface area (Å²) in [5, 5.41) is 8.47. The van der Waals surface area contributed by atoms with Crippen molar-refractivity contribution >= 4 is 17.5 Å². The Kier molecular flexibility index (Phi) is 4.97. The minimum Gasteiger partial charge on any atom is -0.343 e. The molecule has 3 aromatic rings. The molecule has 3 rings (SSSR count). The molecular weight excluding hydrogens is 363 g/mol. The van der Waals surface area contributed by atoms with Crippen molar-refractivity contribution in [3.8, 4) is 5.82 Å². The molecule has 0 bridgehead atoms. The summed E-state index contributed by atoms with van der Waals surface area (Å²) in [6.07, 6.45) is 4.80. The van der Waals surface area contributed by atoms with Crippen LogP contribution in [0.15, 0.2) is 42.9 Å². The van der Waals surface area contributed by atoms with Crippen LogP contribution >= 0.6 is 0 Å². The van der Waals surface area contributed by atoms with Gasteiger partial charge in [-0.2, -0.15) is 5.10 Å². The molecule has 0 radical (unpaired) electrons. The van der Waals surface area contributed by atoms with E-state index in [1.54, 1.807) is 36.1 Å². The zero-order valence-corrected chi connectivity index (χ0v) is 14.0. The maximum absolute atomic E-state index is 13.6. The Morgan fingerprint density at radius 1 is 1.11 bits per heavy atom. The number of hydrogen-bond donors (Lipinski definition) is 2. The van der Waals surface area contributed by atoms with E-state index in [4.69, 9.17) is 0 Å². The number of carbonyl (C=O) groups excluding carboxylic acids is 2. The molecule has 0 atom stereocenters. The van der Waals surface area contributed by atoms with E-state index in [1.807, 2.05) is 0 Å². The molecule has 0 spiro atoms. The number of rotatable bonds is 5. The molecule has 1 aromatic carbocycles.